The summed E-state index contributed by atoms with van der Waals surface area (Å²) in [6.45, 7) is 2.50. The summed E-state index contributed by atoms with van der Waals surface area (Å²) in [6, 6.07) is 7.62. The summed E-state index contributed by atoms with van der Waals surface area (Å²) in [5.74, 6) is 0.599. The molecule has 1 aromatic heterocycles. The molecule has 0 spiro atoms. The van der Waals surface area contributed by atoms with Crippen molar-refractivity contribution in [2.24, 2.45) is 0 Å². The van der Waals surface area contributed by atoms with Crippen molar-refractivity contribution in [3.05, 3.63) is 53.7 Å². The standard InChI is InChI=1S/C17H18F3N3O2/c18-17(19,20)25-15-5-3-13(4-6-15)11-23-16(7-8-22-23)21-10-14-2-1-9-24-12-14/h2-8,21H,1,9-12H2. The molecule has 0 unspecified atom stereocenters. The molecule has 0 amide bonds. The predicted octanol–water partition coefficient (Wildman–Crippen LogP) is 3.59. The molecule has 0 fully saturated rings. The van der Waals surface area contributed by atoms with Crippen LogP contribution >= 0.6 is 0 Å². The lowest BCUT2D eigenvalue weighted by Crippen LogP contribution is -2.17. The second kappa shape index (κ2) is 7.60. The van der Waals surface area contributed by atoms with E-state index in [1.807, 2.05) is 6.07 Å². The van der Waals surface area contributed by atoms with Crippen molar-refractivity contribution in [3.8, 4) is 5.75 Å². The summed E-state index contributed by atoms with van der Waals surface area (Å²) in [5, 5.41) is 7.55. The Bertz CT molecular complexity index is 723. The van der Waals surface area contributed by atoms with Crippen molar-refractivity contribution in [3.63, 3.8) is 0 Å². The number of hydrogen-bond acceptors (Lipinski definition) is 4. The van der Waals surface area contributed by atoms with Crippen LogP contribution in [-0.2, 0) is 11.3 Å². The Labute approximate surface area is 143 Å². The van der Waals surface area contributed by atoms with Crippen molar-refractivity contribution in [2.75, 3.05) is 25.1 Å². The number of halogens is 3. The van der Waals surface area contributed by atoms with Gasteiger partial charge in [-0.15, -0.1) is 13.2 Å². The van der Waals surface area contributed by atoms with Gasteiger partial charge in [0.2, 0.25) is 0 Å². The molecule has 0 radical (unpaired) electrons. The highest BCUT2D eigenvalue weighted by atomic mass is 19.4. The normalized spacial score (nSPS) is 14.9. The van der Waals surface area contributed by atoms with E-state index in [9.17, 15) is 13.2 Å². The topological polar surface area (TPSA) is 48.3 Å². The number of ether oxygens (including phenoxy) is 2. The zero-order chi connectivity index (χ0) is 17.7. The van der Waals surface area contributed by atoms with Crippen molar-refractivity contribution in [1.29, 1.82) is 0 Å². The van der Waals surface area contributed by atoms with Gasteiger partial charge in [-0.3, -0.25) is 0 Å². The lowest BCUT2D eigenvalue weighted by Gasteiger charge is -2.15. The van der Waals surface area contributed by atoms with E-state index in [0.29, 0.717) is 19.7 Å². The molecule has 134 valence electrons. The zero-order valence-electron chi connectivity index (χ0n) is 13.4. The highest BCUT2D eigenvalue weighted by Crippen LogP contribution is 2.23. The van der Waals surface area contributed by atoms with E-state index in [1.54, 1.807) is 23.0 Å². The van der Waals surface area contributed by atoms with E-state index in [4.69, 9.17) is 4.74 Å². The molecule has 2 heterocycles. The monoisotopic (exact) mass is 353 g/mol. The van der Waals surface area contributed by atoms with Gasteiger partial charge in [0.05, 0.1) is 26.0 Å². The van der Waals surface area contributed by atoms with Crippen LogP contribution < -0.4 is 10.1 Å². The van der Waals surface area contributed by atoms with Crippen LogP contribution in [0.4, 0.5) is 19.0 Å². The summed E-state index contributed by atoms with van der Waals surface area (Å²) >= 11 is 0. The Morgan fingerprint density at radius 2 is 2.00 bits per heavy atom. The number of rotatable bonds is 6. The molecule has 2 aromatic rings. The van der Waals surface area contributed by atoms with E-state index >= 15 is 0 Å². The fraction of sp³-hybridized carbons (Fsp3) is 0.353. The van der Waals surface area contributed by atoms with Crippen LogP contribution in [0, 0.1) is 0 Å². The maximum Gasteiger partial charge on any atom is 0.573 e. The molecule has 0 saturated carbocycles. The molecule has 0 atom stereocenters. The van der Waals surface area contributed by atoms with E-state index in [0.717, 1.165) is 24.4 Å². The first-order chi connectivity index (χ1) is 12.0. The van der Waals surface area contributed by atoms with E-state index in [-0.39, 0.29) is 5.75 Å². The van der Waals surface area contributed by atoms with Crippen molar-refractivity contribution < 1.29 is 22.6 Å². The fourth-order valence-electron chi connectivity index (χ4n) is 2.51. The van der Waals surface area contributed by atoms with Gasteiger partial charge in [-0.1, -0.05) is 18.2 Å². The first kappa shape index (κ1) is 17.3. The van der Waals surface area contributed by atoms with Crippen LogP contribution in [0.3, 0.4) is 0 Å². The first-order valence-electron chi connectivity index (χ1n) is 7.86. The summed E-state index contributed by atoms with van der Waals surface area (Å²) in [7, 11) is 0. The Morgan fingerprint density at radius 3 is 2.68 bits per heavy atom. The number of nitrogens with one attached hydrogen (secondary N) is 1. The quantitative estimate of drug-likeness (QED) is 0.807. The largest absolute Gasteiger partial charge is 0.573 e. The van der Waals surface area contributed by atoms with Gasteiger partial charge in [0, 0.05) is 12.6 Å². The van der Waals surface area contributed by atoms with Gasteiger partial charge in [-0.05, 0) is 29.7 Å². The van der Waals surface area contributed by atoms with Crippen LogP contribution in [0.5, 0.6) is 5.75 Å². The molecule has 0 saturated heterocycles. The predicted molar refractivity (Wildman–Crippen MR) is 86.5 cm³/mol. The summed E-state index contributed by atoms with van der Waals surface area (Å²) in [6.07, 6.45) is 0.0759. The molecule has 1 aliphatic rings. The third-order valence-electron chi connectivity index (χ3n) is 3.69. The average molecular weight is 353 g/mol. The molecule has 1 aliphatic heterocycles. The smallest absolute Gasteiger partial charge is 0.406 e. The Balaban J connectivity index is 1.60. The summed E-state index contributed by atoms with van der Waals surface area (Å²) < 4.78 is 47.6. The van der Waals surface area contributed by atoms with E-state index in [1.165, 1.54) is 17.7 Å². The van der Waals surface area contributed by atoms with Gasteiger partial charge >= 0.3 is 6.36 Å². The molecule has 8 heteroatoms. The number of anilines is 1. The van der Waals surface area contributed by atoms with Crippen LogP contribution in [0.15, 0.2) is 48.2 Å². The van der Waals surface area contributed by atoms with Gasteiger partial charge < -0.3 is 14.8 Å². The third-order valence-corrected chi connectivity index (χ3v) is 3.69. The molecule has 3 rings (SSSR count). The number of nitrogens with zero attached hydrogens (tertiary/aromatic N) is 2. The highest BCUT2D eigenvalue weighted by molar-refractivity contribution is 5.37. The summed E-state index contributed by atoms with van der Waals surface area (Å²) in [4.78, 5) is 0. The van der Waals surface area contributed by atoms with Gasteiger partial charge in [-0.25, -0.2) is 4.68 Å². The number of benzene rings is 1. The minimum atomic E-state index is -4.68. The lowest BCUT2D eigenvalue weighted by molar-refractivity contribution is -0.274. The molecular weight excluding hydrogens is 335 g/mol. The second-order valence-corrected chi connectivity index (χ2v) is 5.62. The van der Waals surface area contributed by atoms with Crippen LogP contribution in [0.25, 0.3) is 0 Å². The highest BCUT2D eigenvalue weighted by Gasteiger charge is 2.30. The van der Waals surface area contributed by atoms with Gasteiger partial charge in [0.15, 0.2) is 0 Å². The SMILES string of the molecule is FC(F)(F)Oc1ccc(Cn2nccc2NCC2=CCCOC2)cc1. The fourth-order valence-corrected chi connectivity index (χ4v) is 2.51. The van der Waals surface area contributed by atoms with Crippen LogP contribution in [0.1, 0.15) is 12.0 Å². The Morgan fingerprint density at radius 1 is 1.20 bits per heavy atom. The molecule has 0 aliphatic carbocycles. The van der Waals surface area contributed by atoms with Crippen molar-refractivity contribution in [2.45, 2.75) is 19.3 Å². The minimum Gasteiger partial charge on any atom is -0.406 e. The summed E-state index contributed by atoms with van der Waals surface area (Å²) in [5.41, 5.74) is 2.01. The minimum absolute atomic E-state index is 0.237. The molecule has 1 aromatic carbocycles. The number of aromatic nitrogens is 2. The van der Waals surface area contributed by atoms with Crippen molar-refractivity contribution in [1.82, 2.24) is 9.78 Å². The average Bonchev–Trinajstić information content (AvgIpc) is 3.01. The van der Waals surface area contributed by atoms with Gasteiger partial charge in [0.25, 0.3) is 0 Å². The van der Waals surface area contributed by atoms with Crippen molar-refractivity contribution >= 4 is 5.82 Å². The first-order valence-corrected chi connectivity index (χ1v) is 7.86. The second-order valence-electron chi connectivity index (χ2n) is 5.62. The van der Waals surface area contributed by atoms with E-state index in [2.05, 4.69) is 21.2 Å². The molecule has 5 nitrogen and oxygen atoms in total. The molecule has 1 N–H and O–H groups in total. The third kappa shape index (κ3) is 5.25. The van der Waals surface area contributed by atoms with E-state index < -0.39 is 6.36 Å². The molecule has 0 bridgehead atoms. The Kier molecular flexibility index (Phi) is 5.28. The zero-order valence-corrected chi connectivity index (χ0v) is 13.4. The van der Waals surface area contributed by atoms with Gasteiger partial charge in [0.1, 0.15) is 11.6 Å². The molecular formula is C17H18F3N3O2. The van der Waals surface area contributed by atoms with Gasteiger partial charge in [-0.2, -0.15) is 5.10 Å². The van der Waals surface area contributed by atoms with Crippen LogP contribution in [-0.4, -0.2) is 35.9 Å². The molecule has 25 heavy (non-hydrogen) atoms. The maximum absolute atomic E-state index is 12.2. The maximum atomic E-state index is 12.2. The number of alkyl halides is 3. The Hall–Kier alpha value is -2.48. The lowest BCUT2D eigenvalue weighted by atomic mass is 10.2. The van der Waals surface area contributed by atoms with Crippen LogP contribution in [0.2, 0.25) is 0 Å². The number of hydrogen-bond donors (Lipinski definition) is 1.